The number of nitrogens with one attached hydrogen (secondary N) is 1. The van der Waals surface area contributed by atoms with Gasteiger partial charge >= 0.3 is 11.9 Å². The fourth-order valence-electron chi connectivity index (χ4n) is 3.06. The second kappa shape index (κ2) is 9.25. The molecular weight excluding hydrogens is 372 g/mol. The zero-order valence-corrected chi connectivity index (χ0v) is 16.4. The molecule has 0 aliphatic rings. The maximum Gasteiger partial charge on any atom is 0.337 e. The highest BCUT2D eigenvalue weighted by Crippen LogP contribution is 2.25. The smallest absolute Gasteiger partial charge is 0.337 e. The molecule has 0 saturated carbocycles. The SMILES string of the molecule is CCOC(=O)C(N)Cc1c[nH]c2ccc(OCc3cccc(C(=O)OC)c3)cc12. The van der Waals surface area contributed by atoms with Crippen molar-refractivity contribution in [2.45, 2.75) is 26.0 Å². The Balaban J connectivity index is 1.73. The van der Waals surface area contributed by atoms with Crippen LogP contribution in [0.25, 0.3) is 10.9 Å². The topological polar surface area (TPSA) is 104 Å². The van der Waals surface area contributed by atoms with Gasteiger partial charge in [0.25, 0.3) is 0 Å². The van der Waals surface area contributed by atoms with Gasteiger partial charge in [0.05, 0.1) is 19.3 Å². The van der Waals surface area contributed by atoms with E-state index in [9.17, 15) is 9.59 Å². The lowest BCUT2D eigenvalue weighted by molar-refractivity contribution is -0.144. The van der Waals surface area contributed by atoms with Crippen LogP contribution in [-0.2, 0) is 27.3 Å². The number of H-pyrrole nitrogens is 1. The van der Waals surface area contributed by atoms with Crippen LogP contribution in [0.1, 0.15) is 28.4 Å². The van der Waals surface area contributed by atoms with Crippen LogP contribution in [-0.4, -0.2) is 36.7 Å². The van der Waals surface area contributed by atoms with Gasteiger partial charge in [-0.2, -0.15) is 0 Å². The molecule has 1 aromatic heterocycles. The van der Waals surface area contributed by atoms with Crippen LogP contribution in [0.5, 0.6) is 5.75 Å². The molecule has 152 valence electrons. The highest BCUT2D eigenvalue weighted by molar-refractivity contribution is 5.89. The number of hydrogen-bond donors (Lipinski definition) is 2. The average Bonchev–Trinajstić information content (AvgIpc) is 3.14. The number of methoxy groups -OCH3 is 1. The molecule has 3 aromatic rings. The Morgan fingerprint density at radius 3 is 2.76 bits per heavy atom. The number of benzene rings is 2. The highest BCUT2D eigenvalue weighted by Gasteiger charge is 2.17. The molecule has 0 amide bonds. The zero-order chi connectivity index (χ0) is 20.8. The molecule has 1 unspecified atom stereocenters. The van der Waals surface area contributed by atoms with Crippen molar-refractivity contribution in [1.82, 2.24) is 4.98 Å². The minimum Gasteiger partial charge on any atom is -0.489 e. The van der Waals surface area contributed by atoms with Gasteiger partial charge in [-0.25, -0.2) is 4.79 Å². The molecule has 0 aliphatic heterocycles. The summed E-state index contributed by atoms with van der Waals surface area (Å²) in [6, 6.07) is 12.1. The molecular formula is C22H24N2O5. The molecule has 0 spiro atoms. The Hall–Kier alpha value is -3.32. The van der Waals surface area contributed by atoms with Crippen molar-refractivity contribution in [3.8, 4) is 5.75 Å². The molecule has 7 heteroatoms. The number of fused-ring (bicyclic) bond motifs is 1. The third kappa shape index (κ3) is 4.94. The summed E-state index contributed by atoms with van der Waals surface area (Å²) in [6.45, 7) is 2.36. The van der Waals surface area contributed by atoms with Gasteiger partial charge in [-0.3, -0.25) is 4.79 Å². The summed E-state index contributed by atoms with van der Waals surface area (Å²) in [4.78, 5) is 26.7. The van der Waals surface area contributed by atoms with E-state index in [2.05, 4.69) is 4.98 Å². The van der Waals surface area contributed by atoms with E-state index in [1.165, 1.54) is 7.11 Å². The number of hydrogen-bond acceptors (Lipinski definition) is 6. The van der Waals surface area contributed by atoms with Crippen molar-refractivity contribution in [2.75, 3.05) is 13.7 Å². The summed E-state index contributed by atoms with van der Waals surface area (Å²) in [6.07, 6.45) is 2.21. The van der Waals surface area contributed by atoms with Crippen molar-refractivity contribution in [2.24, 2.45) is 5.73 Å². The summed E-state index contributed by atoms with van der Waals surface area (Å²) < 4.78 is 15.6. The number of esters is 2. The van der Waals surface area contributed by atoms with E-state index in [1.807, 2.05) is 30.5 Å². The second-order valence-corrected chi connectivity index (χ2v) is 6.56. The van der Waals surface area contributed by atoms with Crippen LogP contribution < -0.4 is 10.5 Å². The zero-order valence-electron chi connectivity index (χ0n) is 16.4. The van der Waals surface area contributed by atoms with E-state index >= 15 is 0 Å². The van der Waals surface area contributed by atoms with E-state index in [0.29, 0.717) is 30.9 Å². The van der Waals surface area contributed by atoms with Gasteiger partial charge in [-0.15, -0.1) is 0 Å². The molecule has 29 heavy (non-hydrogen) atoms. The Kier molecular flexibility index (Phi) is 6.51. The number of carbonyl (C=O) groups excluding carboxylic acids is 2. The molecule has 1 heterocycles. The molecule has 0 aliphatic carbocycles. The minimum absolute atomic E-state index is 0.301. The van der Waals surface area contributed by atoms with Crippen molar-refractivity contribution in [1.29, 1.82) is 0 Å². The number of ether oxygens (including phenoxy) is 3. The van der Waals surface area contributed by atoms with E-state index in [1.54, 1.807) is 25.1 Å². The van der Waals surface area contributed by atoms with Gasteiger partial charge in [0.15, 0.2) is 0 Å². The van der Waals surface area contributed by atoms with Gasteiger partial charge in [0, 0.05) is 23.5 Å². The Morgan fingerprint density at radius 2 is 2.00 bits per heavy atom. The van der Waals surface area contributed by atoms with Crippen LogP contribution in [0.3, 0.4) is 0 Å². The lowest BCUT2D eigenvalue weighted by atomic mass is 10.1. The monoisotopic (exact) mass is 396 g/mol. The van der Waals surface area contributed by atoms with Gasteiger partial charge in [0.1, 0.15) is 18.4 Å². The first kappa shape index (κ1) is 20.4. The predicted molar refractivity (Wildman–Crippen MR) is 109 cm³/mol. The third-order valence-electron chi connectivity index (χ3n) is 4.52. The van der Waals surface area contributed by atoms with Gasteiger partial charge in [-0.05, 0) is 48.4 Å². The molecule has 2 aromatic carbocycles. The minimum atomic E-state index is -0.723. The second-order valence-electron chi connectivity index (χ2n) is 6.56. The fourth-order valence-corrected chi connectivity index (χ4v) is 3.06. The van der Waals surface area contributed by atoms with E-state index < -0.39 is 12.0 Å². The predicted octanol–water partition coefficient (Wildman–Crippen LogP) is 2.97. The first-order valence-corrected chi connectivity index (χ1v) is 9.34. The Labute approximate surface area is 168 Å². The maximum absolute atomic E-state index is 11.8. The van der Waals surface area contributed by atoms with Crippen molar-refractivity contribution >= 4 is 22.8 Å². The largest absolute Gasteiger partial charge is 0.489 e. The number of aromatic nitrogens is 1. The molecule has 0 radical (unpaired) electrons. The maximum atomic E-state index is 11.8. The molecule has 0 fully saturated rings. The molecule has 3 rings (SSSR count). The lowest BCUT2D eigenvalue weighted by Gasteiger charge is -2.10. The van der Waals surface area contributed by atoms with Crippen LogP contribution in [0.15, 0.2) is 48.7 Å². The highest BCUT2D eigenvalue weighted by atomic mass is 16.5. The Bertz CT molecular complexity index is 1010. The first-order chi connectivity index (χ1) is 14.0. The van der Waals surface area contributed by atoms with Gasteiger partial charge in [0.2, 0.25) is 0 Å². The number of nitrogens with two attached hydrogens (primary N) is 1. The van der Waals surface area contributed by atoms with E-state index in [-0.39, 0.29) is 5.97 Å². The summed E-state index contributed by atoms with van der Waals surface area (Å²) in [5.41, 5.74) is 9.12. The van der Waals surface area contributed by atoms with Crippen molar-refractivity contribution in [3.63, 3.8) is 0 Å². The fraction of sp³-hybridized carbons (Fsp3) is 0.273. The van der Waals surface area contributed by atoms with E-state index in [0.717, 1.165) is 22.0 Å². The summed E-state index contributed by atoms with van der Waals surface area (Å²) in [5.74, 6) is -0.130. The van der Waals surface area contributed by atoms with E-state index in [4.69, 9.17) is 19.9 Å². The molecule has 0 saturated heterocycles. The Morgan fingerprint density at radius 1 is 1.17 bits per heavy atom. The van der Waals surface area contributed by atoms with Crippen LogP contribution in [0.4, 0.5) is 0 Å². The van der Waals surface area contributed by atoms with Gasteiger partial charge < -0.3 is 24.9 Å². The number of rotatable bonds is 8. The quantitative estimate of drug-likeness (QED) is 0.568. The lowest BCUT2D eigenvalue weighted by Crippen LogP contribution is -2.34. The van der Waals surface area contributed by atoms with Crippen LogP contribution in [0, 0.1) is 0 Å². The molecule has 3 N–H and O–H groups in total. The number of aromatic amines is 1. The normalized spacial score (nSPS) is 11.8. The summed E-state index contributed by atoms with van der Waals surface area (Å²) in [7, 11) is 1.35. The standard InChI is InChI=1S/C22H24N2O5/c1-3-28-22(26)19(23)10-16-12-24-20-8-7-17(11-18(16)20)29-13-14-5-4-6-15(9-14)21(25)27-2/h4-9,11-12,19,24H,3,10,13,23H2,1-2H3. The third-order valence-corrected chi connectivity index (χ3v) is 4.52. The average molecular weight is 396 g/mol. The first-order valence-electron chi connectivity index (χ1n) is 9.34. The van der Waals surface area contributed by atoms with Crippen LogP contribution >= 0.6 is 0 Å². The van der Waals surface area contributed by atoms with Gasteiger partial charge in [-0.1, -0.05) is 12.1 Å². The molecule has 0 bridgehead atoms. The molecule has 1 atom stereocenters. The molecule has 7 nitrogen and oxygen atoms in total. The summed E-state index contributed by atoms with van der Waals surface area (Å²) in [5, 5.41) is 0.936. The van der Waals surface area contributed by atoms with Crippen molar-refractivity contribution in [3.05, 3.63) is 65.4 Å². The van der Waals surface area contributed by atoms with Crippen molar-refractivity contribution < 1.29 is 23.8 Å². The number of carbonyl (C=O) groups is 2. The summed E-state index contributed by atoms with van der Waals surface area (Å²) >= 11 is 0. The van der Waals surface area contributed by atoms with Crippen LogP contribution in [0.2, 0.25) is 0 Å².